The van der Waals surface area contributed by atoms with E-state index >= 15 is 0 Å². The summed E-state index contributed by atoms with van der Waals surface area (Å²) in [5.74, 6) is 0.00673. The van der Waals surface area contributed by atoms with Crippen LogP contribution in [0.4, 0.5) is 0 Å². The number of hydrogen-bond donors (Lipinski definition) is 2. The van der Waals surface area contributed by atoms with Crippen LogP contribution in [0.3, 0.4) is 0 Å². The maximum Gasteiger partial charge on any atom is 0.181 e. The average molecular weight is 430 g/mol. The highest BCUT2D eigenvalue weighted by Crippen LogP contribution is 2.41. The van der Waals surface area contributed by atoms with Gasteiger partial charge in [-0.3, -0.25) is 4.79 Å². The molecular weight excluding hydrogens is 398 g/mol. The van der Waals surface area contributed by atoms with E-state index in [1.165, 1.54) is 0 Å². The molecule has 162 valence electrons. The Kier molecular flexibility index (Phi) is 5.43. The first-order valence-electron chi connectivity index (χ1n) is 10.9. The second-order valence-electron chi connectivity index (χ2n) is 9.70. The van der Waals surface area contributed by atoms with E-state index in [0.717, 1.165) is 37.1 Å². The SMILES string of the molecule is Cc1[nH]c2c(c1C(O)c1ccccc1S(=O)(=O)C1CCCCC1)C(=O)CC(C)(C)C2. The second kappa shape index (κ2) is 7.65. The Bertz CT molecular complexity index is 1070. The van der Waals surface area contributed by atoms with Crippen LogP contribution >= 0.6 is 0 Å². The molecule has 2 aromatic rings. The van der Waals surface area contributed by atoms with Crippen molar-refractivity contribution < 1.29 is 18.3 Å². The number of Topliss-reactive ketones (excluding diaryl/α,β-unsaturated/α-hetero) is 1. The highest BCUT2D eigenvalue weighted by Gasteiger charge is 2.38. The molecule has 1 heterocycles. The molecule has 0 radical (unpaired) electrons. The fourth-order valence-electron chi connectivity index (χ4n) is 5.24. The Morgan fingerprint density at radius 1 is 1.10 bits per heavy atom. The minimum absolute atomic E-state index is 0.00673. The van der Waals surface area contributed by atoms with Crippen LogP contribution in [-0.4, -0.2) is 29.5 Å². The minimum atomic E-state index is -3.55. The highest BCUT2D eigenvalue weighted by atomic mass is 32.2. The van der Waals surface area contributed by atoms with Crippen LogP contribution in [0.1, 0.15) is 91.3 Å². The number of nitrogens with one attached hydrogen (secondary N) is 1. The number of aromatic nitrogens is 1. The summed E-state index contributed by atoms with van der Waals surface area (Å²) in [5.41, 5.74) is 2.87. The number of H-pyrrole nitrogens is 1. The predicted octanol–water partition coefficient (Wildman–Crippen LogP) is 4.67. The van der Waals surface area contributed by atoms with Gasteiger partial charge < -0.3 is 10.1 Å². The smallest absolute Gasteiger partial charge is 0.181 e. The van der Waals surface area contributed by atoms with Crippen LogP contribution in [0.15, 0.2) is 29.2 Å². The topological polar surface area (TPSA) is 87.2 Å². The Hall–Kier alpha value is -1.92. The molecule has 0 spiro atoms. The van der Waals surface area contributed by atoms with E-state index in [9.17, 15) is 18.3 Å². The molecule has 4 rings (SSSR count). The van der Waals surface area contributed by atoms with Crippen molar-refractivity contribution in [2.45, 2.75) is 82.0 Å². The molecule has 0 aliphatic heterocycles. The van der Waals surface area contributed by atoms with Crippen LogP contribution in [0.2, 0.25) is 0 Å². The number of fused-ring (bicyclic) bond motifs is 1. The van der Waals surface area contributed by atoms with E-state index in [4.69, 9.17) is 0 Å². The summed E-state index contributed by atoms with van der Waals surface area (Å²) in [5, 5.41) is 11.0. The molecule has 2 aliphatic rings. The third kappa shape index (κ3) is 3.65. The first-order valence-corrected chi connectivity index (χ1v) is 12.4. The molecule has 30 heavy (non-hydrogen) atoms. The number of carbonyl (C=O) groups excluding carboxylic acids is 1. The second-order valence-corrected chi connectivity index (χ2v) is 11.9. The molecule has 0 amide bonds. The number of sulfone groups is 1. The molecule has 1 saturated carbocycles. The van der Waals surface area contributed by atoms with Crippen LogP contribution in [-0.2, 0) is 16.3 Å². The van der Waals surface area contributed by atoms with Crippen molar-refractivity contribution in [3.63, 3.8) is 0 Å². The van der Waals surface area contributed by atoms with Gasteiger partial charge in [-0.2, -0.15) is 0 Å². The van der Waals surface area contributed by atoms with Crippen molar-refractivity contribution in [1.82, 2.24) is 4.98 Å². The first-order chi connectivity index (χ1) is 14.1. The maximum absolute atomic E-state index is 13.4. The van der Waals surface area contributed by atoms with E-state index in [1.54, 1.807) is 24.3 Å². The van der Waals surface area contributed by atoms with Gasteiger partial charge in [0.05, 0.1) is 10.1 Å². The number of aromatic amines is 1. The normalized spacial score (nSPS) is 20.7. The zero-order valence-electron chi connectivity index (χ0n) is 18.0. The first kappa shape index (κ1) is 21.3. The summed E-state index contributed by atoms with van der Waals surface area (Å²) in [7, 11) is -3.55. The molecule has 1 aromatic heterocycles. The van der Waals surface area contributed by atoms with Gasteiger partial charge in [-0.15, -0.1) is 0 Å². The van der Waals surface area contributed by atoms with E-state index in [0.29, 0.717) is 36.0 Å². The number of ketones is 1. The average Bonchev–Trinajstić information content (AvgIpc) is 3.02. The lowest BCUT2D eigenvalue weighted by atomic mass is 9.75. The van der Waals surface area contributed by atoms with Crippen LogP contribution in [0, 0.1) is 12.3 Å². The van der Waals surface area contributed by atoms with Gasteiger partial charge in [-0.05, 0) is 37.7 Å². The molecule has 2 N–H and O–H groups in total. The molecule has 6 heteroatoms. The monoisotopic (exact) mass is 429 g/mol. The molecule has 2 aliphatic carbocycles. The molecule has 5 nitrogen and oxygen atoms in total. The van der Waals surface area contributed by atoms with Crippen molar-refractivity contribution in [3.05, 3.63) is 52.3 Å². The van der Waals surface area contributed by atoms with Gasteiger partial charge in [0.25, 0.3) is 0 Å². The van der Waals surface area contributed by atoms with Crippen LogP contribution < -0.4 is 0 Å². The molecule has 1 aromatic carbocycles. The van der Waals surface area contributed by atoms with Gasteiger partial charge in [0.1, 0.15) is 6.10 Å². The van der Waals surface area contributed by atoms with Crippen LogP contribution in [0.5, 0.6) is 0 Å². The number of hydrogen-bond acceptors (Lipinski definition) is 4. The lowest BCUT2D eigenvalue weighted by Crippen LogP contribution is -2.28. The molecule has 1 fully saturated rings. The van der Waals surface area contributed by atoms with Crippen LogP contribution in [0.25, 0.3) is 0 Å². The fourth-order valence-corrected chi connectivity index (χ4v) is 7.33. The standard InChI is InChI=1S/C24H31NO4S/c1-15-21(22-18(25-15)13-24(2,3)14-19(22)26)23(27)17-11-7-8-12-20(17)30(28,29)16-9-5-4-6-10-16/h7-8,11-12,16,23,25,27H,4-6,9-10,13-14H2,1-3H3. The Balaban J connectivity index is 1.79. The lowest BCUT2D eigenvalue weighted by molar-refractivity contribution is 0.0906. The summed E-state index contributed by atoms with van der Waals surface area (Å²) >= 11 is 0. The van der Waals surface area contributed by atoms with Gasteiger partial charge in [-0.25, -0.2) is 8.42 Å². The molecule has 0 bridgehead atoms. The predicted molar refractivity (Wildman–Crippen MR) is 117 cm³/mol. The van der Waals surface area contributed by atoms with Gasteiger partial charge in [0.2, 0.25) is 0 Å². The minimum Gasteiger partial charge on any atom is -0.384 e. The van der Waals surface area contributed by atoms with Gasteiger partial charge >= 0.3 is 0 Å². The van der Waals surface area contributed by atoms with Gasteiger partial charge in [0, 0.05) is 34.5 Å². The number of carbonyl (C=O) groups is 1. The molecule has 1 atom stereocenters. The summed E-state index contributed by atoms with van der Waals surface area (Å²) in [6.45, 7) is 5.97. The quantitative estimate of drug-likeness (QED) is 0.740. The zero-order chi connectivity index (χ0) is 21.7. The van der Waals surface area contributed by atoms with Gasteiger partial charge in [-0.1, -0.05) is 51.3 Å². The van der Waals surface area contributed by atoms with E-state index in [2.05, 4.69) is 18.8 Å². The van der Waals surface area contributed by atoms with Crippen molar-refractivity contribution in [1.29, 1.82) is 0 Å². The Labute approximate surface area is 178 Å². The third-order valence-corrected chi connectivity index (χ3v) is 9.01. The van der Waals surface area contributed by atoms with E-state index < -0.39 is 21.2 Å². The summed E-state index contributed by atoms with van der Waals surface area (Å²) in [4.78, 5) is 16.4. The van der Waals surface area contributed by atoms with Gasteiger partial charge in [0.15, 0.2) is 15.6 Å². The largest absolute Gasteiger partial charge is 0.384 e. The lowest BCUT2D eigenvalue weighted by Gasteiger charge is -2.29. The number of aryl methyl sites for hydroxylation is 1. The fraction of sp³-hybridized carbons (Fsp3) is 0.542. The Morgan fingerprint density at radius 2 is 1.77 bits per heavy atom. The number of aliphatic hydroxyl groups is 1. The number of aliphatic hydroxyl groups excluding tert-OH is 1. The van der Waals surface area contributed by atoms with Crippen molar-refractivity contribution in [2.24, 2.45) is 5.41 Å². The van der Waals surface area contributed by atoms with E-state index in [-0.39, 0.29) is 16.1 Å². The molecule has 0 saturated heterocycles. The maximum atomic E-state index is 13.4. The number of benzene rings is 1. The van der Waals surface area contributed by atoms with E-state index in [1.807, 2.05) is 6.92 Å². The van der Waals surface area contributed by atoms with Crippen molar-refractivity contribution in [3.8, 4) is 0 Å². The highest BCUT2D eigenvalue weighted by molar-refractivity contribution is 7.92. The third-order valence-electron chi connectivity index (χ3n) is 6.67. The molecular formula is C24H31NO4S. The Morgan fingerprint density at radius 3 is 2.47 bits per heavy atom. The number of rotatable bonds is 4. The summed E-state index contributed by atoms with van der Waals surface area (Å²) in [6, 6.07) is 6.73. The molecule has 1 unspecified atom stereocenters. The summed E-state index contributed by atoms with van der Waals surface area (Å²) in [6.07, 6.45) is 4.22. The van der Waals surface area contributed by atoms with Crippen molar-refractivity contribution in [2.75, 3.05) is 0 Å². The zero-order valence-corrected chi connectivity index (χ0v) is 18.8. The summed E-state index contributed by atoms with van der Waals surface area (Å²) < 4.78 is 26.8. The van der Waals surface area contributed by atoms with Crippen molar-refractivity contribution >= 4 is 15.6 Å².